The van der Waals surface area contributed by atoms with E-state index in [9.17, 15) is 19.2 Å². The monoisotopic (exact) mass is 228 g/mol. The fourth-order valence-electron chi connectivity index (χ4n) is 0.578. The first-order valence-corrected chi connectivity index (χ1v) is 4.42. The van der Waals surface area contributed by atoms with E-state index in [2.05, 4.69) is 9.47 Å². The zero-order valence-electron chi connectivity index (χ0n) is 9.02. The molecule has 16 heavy (non-hydrogen) atoms. The lowest BCUT2D eigenvalue weighted by Gasteiger charge is -1.98. The minimum atomic E-state index is -0.824. The number of ketones is 2. The molecule has 0 heterocycles. The van der Waals surface area contributed by atoms with Crippen molar-refractivity contribution in [2.24, 2.45) is 0 Å². The third-order valence-electron chi connectivity index (χ3n) is 1.19. The summed E-state index contributed by atoms with van der Waals surface area (Å²) in [7, 11) is 0. The van der Waals surface area contributed by atoms with Crippen molar-refractivity contribution in [2.45, 2.75) is 13.8 Å². The van der Waals surface area contributed by atoms with Crippen molar-refractivity contribution in [3.8, 4) is 0 Å². The van der Waals surface area contributed by atoms with Gasteiger partial charge >= 0.3 is 11.9 Å². The maximum absolute atomic E-state index is 10.9. The normalized spacial score (nSPS) is 9.88. The van der Waals surface area contributed by atoms with Crippen molar-refractivity contribution in [1.29, 1.82) is 0 Å². The number of carbonyl (C=O) groups is 4. The molecular weight excluding hydrogens is 216 g/mol. The van der Waals surface area contributed by atoms with E-state index in [4.69, 9.17) is 0 Å². The van der Waals surface area contributed by atoms with Gasteiger partial charge in [-0.2, -0.15) is 0 Å². The molecule has 0 rings (SSSR count). The lowest BCUT2D eigenvalue weighted by molar-refractivity contribution is -0.144. The van der Waals surface area contributed by atoms with Crippen molar-refractivity contribution in [3.63, 3.8) is 0 Å². The molecule has 0 amide bonds. The van der Waals surface area contributed by atoms with Gasteiger partial charge in [0.2, 0.25) is 0 Å². The van der Waals surface area contributed by atoms with E-state index >= 15 is 0 Å². The predicted octanol–water partition coefficient (Wildman–Crippen LogP) is -0.193. The molecule has 0 spiro atoms. The van der Waals surface area contributed by atoms with Crippen LogP contribution in [-0.4, -0.2) is 36.7 Å². The number of carbonyl (C=O) groups excluding carboxylic acids is 4. The molecular formula is C10H12O6. The van der Waals surface area contributed by atoms with Crippen molar-refractivity contribution in [1.82, 2.24) is 0 Å². The van der Waals surface area contributed by atoms with Gasteiger partial charge in [0.25, 0.3) is 0 Å². The standard InChI is InChI=1S/C10H12O6/c1-7(11)5-15-9(13)3-4-10(14)16-6-8(2)12/h3-4H,5-6H2,1-2H3/b4-3-. The Morgan fingerprint density at radius 3 is 1.38 bits per heavy atom. The lowest BCUT2D eigenvalue weighted by Crippen LogP contribution is -2.11. The van der Waals surface area contributed by atoms with Gasteiger partial charge in [-0.1, -0.05) is 0 Å². The molecule has 0 saturated carbocycles. The highest BCUT2D eigenvalue weighted by Gasteiger charge is 2.03. The molecule has 0 aromatic rings. The molecule has 6 heteroatoms. The largest absolute Gasteiger partial charge is 0.455 e. The Labute approximate surface area is 92.2 Å². The van der Waals surface area contributed by atoms with Gasteiger partial charge in [-0.15, -0.1) is 0 Å². The van der Waals surface area contributed by atoms with Crippen LogP contribution in [0.25, 0.3) is 0 Å². The number of esters is 2. The molecule has 0 saturated heterocycles. The van der Waals surface area contributed by atoms with Crippen molar-refractivity contribution >= 4 is 23.5 Å². The van der Waals surface area contributed by atoms with Gasteiger partial charge in [-0.25, -0.2) is 9.59 Å². The summed E-state index contributed by atoms with van der Waals surface area (Å²) in [6, 6.07) is 0. The lowest BCUT2D eigenvalue weighted by atomic mass is 10.4. The summed E-state index contributed by atoms with van der Waals surface area (Å²) < 4.78 is 8.86. The molecule has 0 aliphatic carbocycles. The molecule has 0 aliphatic heterocycles. The van der Waals surface area contributed by atoms with E-state index in [1.807, 2.05) is 0 Å². The average molecular weight is 228 g/mol. The first-order valence-electron chi connectivity index (χ1n) is 4.42. The highest BCUT2D eigenvalue weighted by atomic mass is 16.5. The second-order valence-corrected chi connectivity index (χ2v) is 2.95. The van der Waals surface area contributed by atoms with Crippen LogP contribution in [0.2, 0.25) is 0 Å². The molecule has 0 bridgehead atoms. The summed E-state index contributed by atoms with van der Waals surface area (Å²) in [5.74, 6) is -2.26. The molecule has 0 radical (unpaired) electrons. The fraction of sp³-hybridized carbons (Fsp3) is 0.400. The summed E-state index contributed by atoms with van der Waals surface area (Å²) in [6.45, 7) is 1.84. The molecule has 0 unspecified atom stereocenters. The molecule has 0 aromatic carbocycles. The number of Topliss-reactive ketones (excluding diaryl/α,β-unsaturated/α-hetero) is 2. The van der Waals surface area contributed by atoms with Gasteiger partial charge < -0.3 is 9.47 Å². The maximum Gasteiger partial charge on any atom is 0.331 e. The minimum Gasteiger partial charge on any atom is -0.455 e. The summed E-state index contributed by atoms with van der Waals surface area (Å²) in [6.07, 6.45) is 1.65. The van der Waals surface area contributed by atoms with Gasteiger partial charge in [0, 0.05) is 12.2 Å². The van der Waals surface area contributed by atoms with Crippen LogP contribution >= 0.6 is 0 Å². The summed E-state index contributed by atoms with van der Waals surface area (Å²) in [5, 5.41) is 0. The van der Waals surface area contributed by atoms with Crippen LogP contribution in [0.15, 0.2) is 12.2 Å². The third-order valence-corrected chi connectivity index (χ3v) is 1.19. The zero-order valence-corrected chi connectivity index (χ0v) is 9.02. The van der Waals surface area contributed by atoms with Gasteiger partial charge in [0.05, 0.1) is 0 Å². The average Bonchev–Trinajstić information content (AvgIpc) is 2.20. The SMILES string of the molecule is CC(=O)COC(=O)/C=C\C(=O)OCC(C)=O. The number of rotatable bonds is 6. The summed E-state index contributed by atoms with van der Waals surface area (Å²) >= 11 is 0. The zero-order chi connectivity index (χ0) is 12.6. The topological polar surface area (TPSA) is 86.7 Å². The Morgan fingerprint density at radius 2 is 1.12 bits per heavy atom. The van der Waals surface area contributed by atoms with Crippen LogP contribution < -0.4 is 0 Å². The molecule has 6 nitrogen and oxygen atoms in total. The Balaban J connectivity index is 3.88. The minimum absolute atomic E-state index is 0.305. The number of hydrogen-bond donors (Lipinski definition) is 0. The quantitative estimate of drug-likeness (QED) is 0.462. The third kappa shape index (κ3) is 8.61. The van der Waals surface area contributed by atoms with E-state index in [1.54, 1.807) is 0 Å². The maximum atomic E-state index is 10.9. The predicted molar refractivity (Wildman–Crippen MR) is 52.4 cm³/mol. The molecule has 0 aromatic heterocycles. The smallest absolute Gasteiger partial charge is 0.331 e. The Morgan fingerprint density at radius 1 is 0.812 bits per heavy atom. The van der Waals surface area contributed by atoms with E-state index in [1.165, 1.54) is 13.8 Å². The molecule has 0 fully saturated rings. The first kappa shape index (κ1) is 14.0. The van der Waals surface area contributed by atoms with E-state index in [0.29, 0.717) is 0 Å². The Kier molecular flexibility index (Phi) is 6.42. The number of ether oxygens (including phenoxy) is 2. The Bertz CT molecular complexity index is 296. The van der Waals surface area contributed by atoms with Gasteiger partial charge in [0.15, 0.2) is 11.6 Å². The molecule has 88 valence electrons. The second-order valence-electron chi connectivity index (χ2n) is 2.95. The summed E-state index contributed by atoms with van der Waals surface area (Å²) in [5.41, 5.74) is 0. The van der Waals surface area contributed by atoms with E-state index in [-0.39, 0.29) is 24.8 Å². The van der Waals surface area contributed by atoms with Gasteiger partial charge in [-0.3, -0.25) is 9.59 Å². The van der Waals surface area contributed by atoms with Crippen molar-refractivity contribution < 1.29 is 28.7 Å². The van der Waals surface area contributed by atoms with E-state index in [0.717, 1.165) is 12.2 Å². The van der Waals surface area contributed by atoms with Crippen LogP contribution in [0, 0.1) is 0 Å². The fourth-order valence-corrected chi connectivity index (χ4v) is 0.578. The van der Waals surface area contributed by atoms with E-state index < -0.39 is 11.9 Å². The highest BCUT2D eigenvalue weighted by Crippen LogP contribution is 1.86. The second kappa shape index (κ2) is 7.33. The van der Waals surface area contributed by atoms with Crippen LogP contribution in [-0.2, 0) is 28.7 Å². The van der Waals surface area contributed by atoms with Crippen LogP contribution in [0.3, 0.4) is 0 Å². The molecule has 0 atom stereocenters. The van der Waals surface area contributed by atoms with Crippen LogP contribution in [0.1, 0.15) is 13.8 Å². The van der Waals surface area contributed by atoms with Crippen molar-refractivity contribution in [2.75, 3.05) is 13.2 Å². The van der Waals surface area contributed by atoms with Gasteiger partial charge in [-0.05, 0) is 13.8 Å². The van der Waals surface area contributed by atoms with Gasteiger partial charge in [0.1, 0.15) is 13.2 Å². The summed E-state index contributed by atoms with van der Waals surface area (Å²) in [4.78, 5) is 42.6. The highest BCUT2D eigenvalue weighted by molar-refractivity contribution is 5.93. The van der Waals surface area contributed by atoms with Crippen LogP contribution in [0.4, 0.5) is 0 Å². The number of hydrogen-bond acceptors (Lipinski definition) is 6. The Hall–Kier alpha value is -1.98. The molecule has 0 aliphatic rings. The first-order chi connectivity index (χ1) is 7.41. The molecule has 0 N–H and O–H groups in total. The van der Waals surface area contributed by atoms with Crippen molar-refractivity contribution in [3.05, 3.63) is 12.2 Å². The van der Waals surface area contributed by atoms with Crippen LogP contribution in [0.5, 0.6) is 0 Å².